The molecule has 0 fully saturated rings. The van der Waals surface area contributed by atoms with Gasteiger partial charge in [0.2, 0.25) is 0 Å². The Kier molecular flexibility index (Phi) is 3.47. The number of hydrogen-bond donors (Lipinski definition) is 0. The fourth-order valence-corrected chi connectivity index (χ4v) is 2.47. The number of carbonyl (C=O) groups is 1. The summed E-state index contributed by atoms with van der Waals surface area (Å²) in [5.74, 6) is -0.603. The molecule has 2 heterocycles. The SMILES string of the molecule is COC(=O)c1cc2n(c(=O)c1)C/C(=C\c1ccccc1)C2=[N]. The smallest absolute Gasteiger partial charge is 0.338 e. The molecule has 0 N–H and O–H groups in total. The van der Waals surface area contributed by atoms with Crippen molar-refractivity contribution < 1.29 is 9.53 Å². The zero-order valence-electron chi connectivity index (χ0n) is 11.9. The van der Waals surface area contributed by atoms with Crippen molar-refractivity contribution in [3.05, 3.63) is 75.2 Å². The molecule has 1 aliphatic heterocycles. The second kappa shape index (κ2) is 5.44. The molecule has 1 aromatic heterocycles. The van der Waals surface area contributed by atoms with Gasteiger partial charge in [-0.05, 0) is 17.7 Å². The van der Waals surface area contributed by atoms with Gasteiger partial charge in [0.25, 0.3) is 5.56 Å². The number of allylic oxidation sites excluding steroid dienone is 1. The van der Waals surface area contributed by atoms with Crippen LogP contribution in [-0.2, 0) is 11.3 Å². The van der Waals surface area contributed by atoms with Gasteiger partial charge in [-0.25, -0.2) is 4.79 Å². The summed E-state index contributed by atoms with van der Waals surface area (Å²) >= 11 is 0. The van der Waals surface area contributed by atoms with Crippen LogP contribution in [0.25, 0.3) is 6.08 Å². The van der Waals surface area contributed by atoms with Crippen molar-refractivity contribution >= 4 is 17.8 Å². The molecule has 1 aromatic carbocycles. The fourth-order valence-electron chi connectivity index (χ4n) is 2.47. The van der Waals surface area contributed by atoms with Gasteiger partial charge in [-0.2, -0.15) is 0 Å². The Balaban J connectivity index is 2.05. The number of benzene rings is 1. The van der Waals surface area contributed by atoms with Crippen molar-refractivity contribution in [1.29, 1.82) is 0 Å². The van der Waals surface area contributed by atoms with E-state index in [0.29, 0.717) is 11.3 Å². The molecule has 0 atom stereocenters. The Morgan fingerprint density at radius 1 is 1.27 bits per heavy atom. The Hall–Kier alpha value is -2.95. The largest absolute Gasteiger partial charge is 0.465 e. The highest BCUT2D eigenvalue weighted by atomic mass is 16.5. The minimum atomic E-state index is -0.603. The van der Waals surface area contributed by atoms with Crippen LogP contribution in [0.2, 0.25) is 0 Å². The third-order valence-electron chi connectivity index (χ3n) is 3.56. The lowest BCUT2D eigenvalue weighted by atomic mass is 10.1. The summed E-state index contributed by atoms with van der Waals surface area (Å²) in [7, 11) is 1.25. The molecule has 1 radical (unpaired) electrons. The first-order valence-electron chi connectivity index (χ1n) is 6.75. The Morgan fingerprint density at radius 2 is 2.00 bits per heavy atom. The average molecular weight is 293 g/mol. The molecule has 5 nitrogen and oxygen atoms in total. The zero-order valence-corrected chi connectivity index (χ0v) is 11.9. The number of ether oxygens (including phenoxy) is 1. The van der Waals surface area contributed by atoms with Crippen LogP contribution in [-0.4, -0.2) is 23.4 Å². The summed E-state index contributed by atoms with van der Waals surface area (Å²) in [5.41, 5.74) is 1.68. The second-order valence-electron chi connectivity index (χ2n) is 4.97. The summed E-state index contributed by atoms with van der Waals surface area (Å²) in [6.45, 7) is 0.274. The van der Waals surface area contributed by atoms with E-state index < -0.39 is 5.97 Å². The van der Waals surface area contributed by atoms with Crippen LogP contribution in [0.5, 0.6) is 0 Å². The fraction of sp³-hybridized carbons (Fsp3) is 0.118. The molecule has 2 aromatic rings. The summed E-state index contributed by atoms with van der Waals surface area (Å²) in [4.78, 5) is 23.7. The van der Waals surface area contributed by atoms with E-state index in [1.165, 1.54) is 23.8 Å². The van der Waals surface area contributed by atoms with Crippen LogP contribution >= 0.6 is 0 Å². The van der Waals surface area contributed by atoms with Gasteiger partial charge in [0.15, 0.2) is 0 Å². The van der Waals surface area contributed by atoms with Crippen LogP contribution in [0.3, 0.4) is 0 Å². The lowest BCUT2D eigenvalue weighted by molar-refractivity contribution is 0.0600. The van der Waals surface area contributed by atoms with Crippen LogP contribution in [0.1, 0.15) is 21.6 Å². The predicted octanol–water partition coefficient (Wildman–Crippen LogP) is 1.32. The third kappa shape index (κ3) is 2.37. The summed E-state index contributed by atoms with van der Waals surface area (Å²) < 4.78 is 6.04. The number of rotatable bonds is 2. The summed E-state index contributed by atoms with van der Waals surface area (Å²) in [6.07, 6.45) is 1.82. The van der Waals surface area contributed by atoms with Crippen LogP contribution < -0.4 is 11.0 Å². The lowest BCUT2D eigenvalue weighted by Gasteiger charge is -2.03. The van der Waals surface area contributed by atoms with Crippen molar-refractivity contribution in [1.82, 2.24) is 9.98 Å². The van der Waals surface area contributed by atoms with Gasteiger partial charge >= 0.3 is 5.97 Å². The quantitative estimate of drug-likeness (QED) is 0.784. The predicted molar refractivity (Wildman–Crippen MR) is 82.7 cm³/mol. The lowest BCUT2D eigenvalue weighted by Crippen LogP contribution is -2.21. The van der Waals surface area contributed by atoms with Gasteiger partial charge in [-0.1, -0.05) is 30.3 Å². The highest BCUT2D eigenvalue weighted by Gasteiger charge is 2.25. The first kappa shape index (κ1) is 14.0. The molecule has 1 aliphatic rings. The number of methoxy groups -OCH3 is 1. The van der Waals surface area contributed by atoms with Gasteiger partial charge in [0.1, 0.15) is 5.71 Å². The van der Waals surface area contributed by atoms with Crippen molar-refractivity contribution in [3.63, 3.8) is 0 Å². The molecule has 0 unspecified atom stereocenters. The van der Waals surface area contributed by atoms with Crippen molar-refractivity contribution in [3.8, 4) is 0 Å². The number of esters is 1. The number of carbonyl (C=O) groups excluding carboxylic acids is 1. The number of aromatic nitrogens is 1. The van der Waals surface area contributed by atoms with Crippen LogP contribution in [0.15, 0.2) is 52.8 Å². The number of nitrogens with zero attached hydrogens (tertiary/aromatic N) is 2. The van der Waals surface area contributed by atoms with E-state index in [9.17, 15) is 15.0 Å². The molecular weight excluding hydrogens is 280 g/mol. The molecule has 0 saturated carbocycles. The standard InChI is InChI=1S/C17H13N2O3/c1-22-17(21)12-8-14-16(18)13(10-19(14)15(20)9-12)7-11-5-3-2-4-6-11/h2-9H,10H2,1H3/b13-7+. The molecule has 5 heteroatoms. The van der Waals surface area contributed by atoms with Crippen molar-refractivity contribution in [2.24, 2.45) is 0 Å². The minimum absolute atomic E-state index is 0.00621. The molecular formula is C17H13N2O3. The van der Waals surface area contributed by atoms with E-state index in [0.717, 1.165) is 5.56 Å². The Morgan fingerprint density at radius 3 is 2.68 bits per heavy atom. The normalized spacial score (nSPS) is 15.0. The first-order chi connectivity index (χ1) is 10.6. The Bertz CT molecular complexity index is 848. The maximum absolute atomic E-state index is 12.1. The monoisotopic (exact) mass is 293 g/mol. The minimum Gasteiger partial charge on any atom is -0.465 e. The van der Waals surface area contributed by atoms with E-state index in [-0.39, 0.29) is 23.4 Å². The van der Waals surface area contributed by atoms with Gasteiger partial charge in [-0.15, -0.1) is 5.41 Å². The first-order valence-corrected chi connectivity index (χ1v) is 6.75. The molecule has 109 valence electrons. The Labute approximate surface area is 127 Å². The average Bonchev–Trinajstić information content (AvgIpc) is 2.85. The molecule has 3 rings (SSSR count). The highest BCUT2D eigenvalue weighted by molar-refractivity contribution is 6.15. The van der Waals surface area contributed by atoms with E-state index >= 15 is 0 Å². The van der Waals surface area contributed by atoms with E-state index in [1.54, 1.807) is 0 Å². The van der Waals surface area contributed by atoms with Gasteiger partial charge in [0, 0.05) is 11.6 Å². The molecule has 0 saturated heterocycles. The third-order valence-corrected chi connectivity index (χ3v) is 3.56. The van der Waals surface area contributed by atoms with Crippen LogP contribution in [0.4, 0.5) is 0 Å². The number of pyridine rings is 1. The summed E-state index contributed by atoms with van der Waals surface area (Å²) in [6, 6.07) is 12.2. The summed E-state index contributed by atoms with van der Waals surface area (Å²) in [5, 5.41) is 10.3. The van der Waals surface area contributed by atoms with E-state index in [1.807, 2.05) is 36.4 Å². The van der Waals surface area contributed by atoms with Gasteiger partial charge in [-0.3, -0.25) is 4.79 Å². The van der Waals surface area contributed by atoms with Crippen LogP contribution in [0, 0.1) is 0 Å². The molecule has 22 heavy (non-hydrogen) atoms. The molecule has 0 bridgehead atoms. The van der Waals surface area contributed by atoms with Crippen molar-refractivity contribution in [2.75, 3.05) is 7.11 Å². The topological polar surface area (TPSA) is 70.6 Å². The zero-order chi connectivity index (χ0) is 15.7. The number of fused-ring (bicyclic) bond motifs is 1. The highest BCUT2D eigenvalue weighted by Crippen LogP contribution is 2.20. The van der Waals surface area contributed by atoms with Gasteiger partial charge in [0.05, 0.1) is 24.9 Å². The second-order valence-corrected chi connectivity index (χ2v) is 4.97. The maximum atomic E-state index is 12.1. The number of hydrogen-bond acceptors (Lipinski definition) is 3. The molecule has 0 aliphatic carbocycles. The van der Waals surface area contributed by atoms with E-state index in [2.05, 4.69) is 4.74 Å². The molecule has 0 amide bonds. The molecule has 0 spiro atoms. The van der Waals surface area contributed by atoms with E-state index in [4.69, 9.17) is 0 Å². The van der Waals surface area contributed by atoms with Gasteiger partial charge < -0.3 is 9.30 Å². The maximum Gasteiger partial charge on any atom is 0.338 e. The van der Waals surface area contributed by atoms with Crippen molar-refractivity contribution in [2.45, 2.75) is 6.54 Å².